The number of aliphatic hydroxyl groups is 1. The lowest BCUT2D eigenvalue weighted by Gasteiger charge is -2.26. The van der Waals surface area contributed by atoms with Crippen molar-refractivity contribution in [3.8, 4) is 11.1 Å². The number of H-pyrrole nitrogens is 1. The molecular weight excluding hydrogens is 502 g/mol. The summed E-state index contributed by atoms with van der Waals surface area (Å²) in [6, 6.07) is 15.4. The second kappa shape index (κ2) is 11.7. The molecule has 2 fully saturated rings. The quantitative estimate of drug-likeness (QED) is 0.279. The first-order chi connectivity index (χ1) is 19.5. The van der Waals surface area contributed by atoms with E-state index in [1.807, 2.05) is 26.1 Å². The van der Waals surface area contributed by atoms with Gasteiger partial charge in [0.25, 0.3) is 5.56 Å². The maximum absolute atomic E-state index is 12.6. The lowest BCUT2D eigenvalue weighted by atomic mass is 9.98. The maximum Gasteiger partial charge on any atom is 0.252 e. The first-order valence-corrected chi connectivity index (χ1v) is 14.5. The first-order valence-electron chi connectivity index (χ1n) is 14.5. The van der Waals surface area contributed by atoms with Crippen LogP contribution in [0.4, 0.5) is 0 Å². The van der Waals surface area contributed by atoms with Crippen LogP contribution in [0.2, 0.25) is 0 Å². The minimum absolute atomic E-state index is 0.123. The van der Waals surface area contributed by atoms with Crippen molar-refractivity contribution in [2.75, 3.05) is 26.3 Å². The number of fused-ring (bicyclic) bond motifs is 1. The average Bonchev–Trinajstić information content (AvgIpc) is 3.63. The van der Waals surface area contributed by atoms with E-state index >= 15 is 0 Å². The molecule has 40 heavy (non-hydrogen) atoms. The van der Waals surface area contributed by atoms with Crippen LogP contribution in [-0.2, 0) is 17.8 Å². The van der Waals surface area contributed by atoms with Gasteiger partial charge in [0.05, 0.1) is 31.0 Å². The molecule has 1 saturated carbocycles. The van der Waals surface area contributed by atoms with Gasteiger partial charge in [0.2, 0.25) is 0 Å². The van der Waals surface area contributed by atoms with Gasteiger partial charge >= 0.3 is 0 Å². The van der Waals surface area contributed by atoms with Crippen molar-refractivity contribution in [3.63, 3.8) is 0 Å². The molecular formula is C32H39N5O3. The second-order valence-corrected chi connectivity index (χ2v) is 11.3. The fraction of sp³-hybridized carbons (Fsp3) is 0.438. The van der Waals surface area contributed by atoms with Crippen molar-refractivity contribution >= 4 is 10.9 Å². The Morgan fingerprint density at radius 1 is 1.07 bits per heavy atom. The molecule has 0 bridgehead atoms. The van der Waals surface area contributed by atoms with E-state index in [4.69, 9.17) is 9.84 Å². The molecule has 2 aromatic heterocycles. The van der Waals surface area contributed by atoms with Crippen LogP contribution in [0.3, 0.4) is 0 Å². The summed E-state index contributed by atoms with van der Waals surface area (Å²) in [4.78, 5) is 17.9. The number of aryl methyl sites for hydroxylation is 2. The summed E-state index contributed by atoms with van der Waals surface area (Å²) < 4.78 is 7.64. The Hall–Kier alpha value is -3.30. The van der Waals surface area contributed by atoms with E-state index in [0.29, 0.717) is 11.6 Å². The normalized spacial score (nSPS) is 17.6. The van der Waals surface area contributed by atoms with Gasteiger partial charge in [-0.15, -0.1) is 0 Å². The van der Waals surface area contributed by atoms with Gasteiger partial charge in [0.1, 0.15) is 6.23 Å². The van der Waals surface area contributed by atoms with E-state index in [0.717, 1.165) is 84.5 Å². The van der Waals surface area contributed by atoms with Crippen LogP contribution in [0.5, 0.6) is 0 Å². The predicted molar refractivity (Wildman–Crippen MR) is 157 cm³/mol. The lowest BCUT2D eigenvalue weighted by molar-refractivity contribution is 0.0342. The van der Waals surface area contributed by atoms with Crippen molar-refractivity contribution in [1.82, 2.24) is 25.0 Å². The summed E-state index contributed by atoms with van der Waals surface area (Å²) in [5, 5.41) is 20.4. The van der Waals surface area contributed by atoms with Crippen LogP contribution in [0.1, 0.15) is 65.9 Å². The molecule has 2 aromatic carbocycles. The molecule has 3 N–H and O–H groups in total. The number of aromatic nitrogens is 3. The topological polar surface area (TPSA) is 95.4 Å². The van der Waals surface area contributed by atoms with Crippen LogP contribution in [0.25, 0.3) is 22.0 Å². The number of rotatable bonds is 8. The van der Waals surface area contributed by atoms with Gasteiger partial charge in [-0.3, -0.25) is 19.7 Å². The third kappa shape index (κ3) is 5.63. The van der Waals surface area contributed by atoms with Gasteiger partial charge in [0, 0.05) is 48.4 Å². The van der Waals surface area contributed by atoms with E-state index < -0.39 is 6.23 Å². The number of morpholine rings is 1. The molecule has 0 spiro atoms. The SMILES string of the molecule is Cc1cc(C)c(CNC(O)c2cc(-c3ccc(CN4CCOCC4)cc3)cc3c2cnn3C2CCCC2)c(=O)[nH]1. The molecule has 1 aliphatic carbocycles. The minimum atomic E-state index is -0.954. The summed E-state index contributed by atoms with van der Waals surface area (Å²) in [5.74, 6) is 0. The highest BCUT2D eigenvalue weighted by Crippen LogP contribution is 2.36. The smallest absolute Gasteiger partial charge is 0.252 e. The molecule has 6 rings (SSSR count). The van der Waals surface area contributed by atoms with Crippen molar-refractivity contribution in [2.24, 2.45) is 0 Å². The second-order valence-electron chi connectivity index (χ2n) is 11.3. The predicted octanol–water partition coefficient (Wildman–Crippen LogP) is 4.74. The number of hydrogen-bond donors (Lipinski definition) is 3. The summed E-state index contributed by atoms with van der Waals surface area (Å²) in [7, 11) is 0. The maximum atomic E-state index is 12.6. The number of nitrogens with one attached hydrogen (secondary N) is 2. The van der Waals surface area contributed by atoms with E-state index in [1.54, 1.807) is 0 Å². The van der Waals surface area contributed by atoms with Gasteiger partial charge in [-0.05, 0) is 67.1 Å². The number of hydrogen-bond acceptors (Lipinski definition) is 6. The fourth-order valence-electron chi connectivity index (χ4n) is 6.23. The van der Waals surface area contributed by atoms with Crippen LogP contribution < -0.4 is 10.9 Å². The molecule has 1 atom stereocenters. The molecule has 1 saturated heterocycles. The summed E-state index contributed by atoms with van der Waals surface area (Å²) >= 11 is 0. The molecule has 210 valence electrons. The highest BCUT2D eigenvalue weighted by molar-refractivity contribution is 5.88. The fourth-order valence-corrected chi connectivity index (χ4v) is 6.23. The van der Waals surface area contributed by atoms with Crippen molar-refractivity contribution in [1.29, 1.82) is 0 Å². The zero-order valence-corrected chi connectivity index (χ0v) is 23.4. The van der Waals surface area contributed by atoms with Crippen LogP contribution in [-0.4, -0.2) is 51.1 Å². The molecule has 2 aliphatic rings. The Kier molecular flexibility index (Phi) is 7.85. The first kappa shape index (κ1) is 26.9. The van der Waals surface area contributed by atoms with Crippen LogP contribution in [0.15, 0.2) is 53.5 Å². The van der Waals surface area contributed by atoms with Crippen molar-refractivity contribution in [2.45, 2.75) is 64.9 Å². The number of nitrogens with zero attached hydrogens (tertiary/aromatic N) is 3. The largest absolute Gasteiger partial charge is 0.379 e. The van der Waals surface area contributed by atoms with Gasteiger partial charge in [-0.1, -0.05) is 37.1 Å². The minimum Gasteiger partial charge on any atom is -0.379 e. The molecule has 8 heteroatoms. The lowest BCUT2D eigenvalue weighted by Crippen LogP contribution is -2.35. The highest BCUT2D eigenvalue weighted by atomic mass is 16.5. The van der Waals surface area contributed by atoms with Gasteiger partial charge in [-0.2, -0.15) is 5.10 Å². The number of benzene rings is 2. The Bertz CT molecular complexity index is 1530. The van der Waals surface area contributed by atoms with E-state index in [9.17, 15) is 9.90 Å². The summed E-state index contributed by atoms with van der Waals surface area (Å²) in [6.45, 7) is 8.51. The molecule has 0 radical (unpaired) electrons. The van der Waals surface area contributed by atoms with Crippen LogP contribution >= 0.6 is 0 Å². The molecule has 8 nitrogen and oxygen atoms in total. The average molecular weight is 542 g/mol. The molecule has 0 amide bonds. The Morgan fingerprint density at radius 3 is 2.55 bits per heavy atom. The summed E-state index contributed by atoms with van der Waals surface area (Å²) in [5.41, 5.74) is 7.50. The van der Waals surface area contributed by atoms with E-state index in [1.165, 1.54) is 18.4 Å². The zero-order valence-electron chi connectivity index (χ0n) is 23.4. The van der Waals surface area contributed by atoms with E-state index in [-0.39, 0.29) is 12.1 Å². The zero-order chi connectivity index (χ0) is 27.6. The third-order valence-corrected chi connectivity index (χ3v) is 8.48. The Morgan fingerprint density at radius 2 is 1.82 bits per heavy atom. The van der Waals surface area contributed by atoms with Crippen molar-refractivity contribution < 1.29 is 9.84 Å². The highest BCUT2D eigenvalue weighted by Gasteiger charge is 2.23. The Balaban J connectivity index is 1.32. The monoisotopic (exact) mass is 541 g/mol. The van der Waals surface area contributed by atoms with Gasteiger partial charge in [0.15, 0.2) is 0 Å². The number of ether oxygens (including phenoxy) is 1. The van der Waals surface area contributed by atoms with Crippen LogP contribution in [0, 0.1) is 13.8 Å². The molecule has 1 unspecified atom stereocenters. The van der Waals surface area contributed by atoms with E-state index in [2.05, 4.69) is 56.3 Å². The number of pyridine rings is 1. The molecule has 4 aromatic rings. The van der Waals surface area contributed by atoms with Gasteiger partial charge < -0.3 is 14.8 Å². The van der Waals surface area contributed by atoms with Gasteiger partial charge in [-0.25, -0.2) is 0 Å². The standard InChI is InChI=1S/C32H39N5O3/c1-21-15-22(2)35-32(39)28(21)18-33-31(38)27-16-25(17-30-29(27)19-34-37(30)26-5-3-4-6-26)24-9-7-23(8-10-24)20-36-11-13-40-14-12-36/h7-10,15-17,19,26,31,33,38H,3-6,11-14,18,20H2,1-2H3,(H,35,39). The number of aromatic amines is 1. The summed E-state index contributed by atoms with van der Waals surface area (Å²) in [6.07, 6.45) is 5.62. The number of aliphatic hydroxyl groups excluding tert-OH is 1. The third-order valence-electron chi connectivity index (χ3n) is 8.48. The van der Waals surface area contributed by atoms with Crippen molar-refractivity contribution in [3.05, 3.63) is 87.0 Å². The Labute approximate surface area is 235 Å². The molecule has 1 aliphatic heterocycles. The molecule has 3 heterocycles.